The summed E-state index contributed by atoms with van der Waals surface area (Å²) in [7, 11) is 0. The Morgan fingerprint density at radius 3 is 2.65 bits per heavy atom. The molecule has 0 spiro atoms. The largest absolute Gasteiger partial charge is 0.508 e. The van der Waals surface area contributed by atoms with E-state index in [1.165, 1.54) is 24.8 Å². The van der Waals surface area contributed by atoms with E-state index in [4.69, 9.17) is 0 Å². The zero-order valence-electron chi connectivity index (χ0n) is 9.97. The monoisotopic (exact) mass is 229 g/mol. The van der Waals surface area contributed by atoms with Gasteiger partial charge in [0.15, 0.2) is 0 Å². The first-order chi connectivity index (χ1) is 8.33. The Morgan fingerprint density at radius 1 is 1.18 bits per heavy atom. The van der Waals surface area contributed by atoms with Crippen molar-refractivity contribution in [2.45, 2.75) is 31.8 Å². The summed E-state index contributed by atoms with van der Waals surface area (Å²) in [6.45, 7) is 0.908. The molecule has 4 atom stereocenters. The van der Waals surface area contributed by atoms with Crippen LogP contribution in [0.1, 0.15) is 24.8 Å². The minimum absolute atomic E-state index is 0.375. The third-order valence-electron chi connectivity index (χ3n) is 5.19. The topological polar surface area (TPSA) is 32.3 Å². The van der Waals surface area contributed by atoms with E-state index in [1.54, 1.807) is 6.07 Å². The molecule has 17 heavy (non-hydrogen) atoms. The SMILES string of the molecule is Oc1cccc(CNC2C3C4CCC(C4)C23)c1. The Kier molecular flexibility index (Phi) is 2.04. The van der Waals surface area contributed by atoms with Crippen LogP contribution < -0.4 is 5.32 Å². The minimum Gasteiger partial charge on any atom is -0.508 e. The quantitative estimate of drug-likeness (QED) is 0.834. The van der Waals surface area contributed by atoms with E-state index in [-0.39, 0.29) is 0 Å². The zero-order chi connectivity index (χ0) is 11.4. The van der Waals surface area contributed by atoms with Crippen LogP contribution in [0.2, 0.25) is 0 Å². The highest BCUT2D eigenvalue weighted by atomic mass is 16.3. The second-order valence-electron chi connectivity index (χ2n) is 6.06. The fraction of sp³-hybridized carbons (Fsp3) is 0.600. The van der Waals surface area contributed by atoms with E-state index in [9.17, 15) is 5.11 Å². The molecule has 1 aromatic carbocycles. The highest BCUT2D eigenvalue weighted by Crippen LogP contribution is 2.65. The van der Waals surface area contributed by atoms with Crippen LogP contribution in [0.25, 0.3) is 0 Å². The van der Waals surface area contributed by atoms with Crippen molar-refractivity contribution in [3.63, 3.8) is 0 Å². The molecule has 2 nitrogen and oxygen atoms in total. The van der Waals surface area contributed by atoms with Crippen molar-refractivity contribution in [2.75, 3.05) is 0 Å². The van der Waals surface area contributed by atoms with Gasteiger partial charge in [-0.3, -0.25) is 0 Å². The molecule has 2 N–H and O–H groups in total. The number of rotatable bonds is 3. The number of phenolic OH excluding ortho intramolecular Hbond substituents is 1. The molecule has 4 rings (SSSR count). The molecule has 0 aromatic heterocycles. The number of aromatic hydroxyl groups is 1. The molecule has 0 heterocycles. The van der Waals surface area contributed by atoms with Crippen molar-refractivity contribution < 1.29 is 5.11 Å². The molecule has 0 radical (unpaired) electrons. The van der Waals surface area contributed by atoms with Crippen LogP contribution in [-0.4, -0.2) is 11.1 Å². The van der Waals surface area contributed by atoms with E-state index < -0.39 is 0 Å². The van der Waals surface area contributed by atoms with E-state index >= 15 is 0 Å². The minimum atomic E-state index is 0.375. The summed E-state index contributed by atoms with van der Waals surface area (Å²) in [6, 6.07) is 8.38. The third kappa shape index (κ3) is 1.50. The fourth-order valence-electron chi connectivity index (χ4n) is 4.50. The Balaban J connectivity index is 1.38. The van der Waals surface area contributed by atoms with Crippen molar-refractivity contribution in [1.82, 2.24) is 5.32 Å². The number of hydrogen-bond donors (Lipinski definition) is 2. The maximum atomic E-state index is 9.42. The first kappa shape index (κ1) is 9.95. The molecule has 0 saturated heterocycles. The van der Waals surface area contributed by atoms with Gasteiger partial charge in [-0.25, -0.2) is 0 Å². The summed E-state index contributed by atoms with van der Waals surface area (Å²) in [4.78, 5) is 0. The number of benzene rings is 1. The highest BCUT2D eigenvalue weighted by Gasteiger charge is 2.64. The van der Waals surface area contributed by atoms with E-state index in [2.05, 4.69) is 11.4 Å². The standard InChI is InChI=1S/C15H19NO/c17-12-3-1-2-9(6-12)8-16-15-13-10-4-5-11(7-10)14(13)15/h1-3,6,10-11,13-17H,4-5,7-8H2. The molecule has 3 fully saturated rings. The van der Waals surface area contributed by atoms with Crippen LogP contribution in [0.4, 0.5) is 0 Å². The normalized spacial score (nSPS) is 41.5. The zero-order valence-corrected chi connectivity index (χ0v) is 9.97. The predicted octanol–water partition coefficient (Wildman–Crippen LogP) is 2.53. The second-order valence-corrected chi connectivity index (χ2v) is 6.06. The van der Waals surface area contributed by atoms with Gasteiger partial charge in [-0.05, 0) is 60.6 Å². The summed E-state index contributed by atoms with van der Waals surface area (Å²) >= 11 is 0. The molecule has 2 heteroatoms. The van der Waals surface area contributed by atoms with Gasteiger partial charge in [-0.2, -0.15) is 0 Å². The first-order valence-electron chi connectivity index (χ1n) is 6.84. The number of nitrogens with one attached hydrogen (secondary N) is 1. The summed E-state index contributed by atoms with van der Waals surface area (Å²) in [6.07, 6.45) is 4.48. The Bertz CT molecular complexity index is 428. The lowest BCUT2D eigenvalue weighted by Crippen LogP contribution is -2.22. The van der Waals surface area contributed by atoms with Crippen LogP contribution in [0.3, 0.4) is 0 Å². The summed E-state index contributed by atoms with van der Waals surface area (Å²) in [5.41, 5.74) is 1.20. The molecule has 3 aliphatic rings. The Morgan fingerprint density at radius 2 is 1.94 bits per heavy atom. The average Bonchev–Trinajstić information content (AvgIpc) is 2.72. The Hall–Kier alpha value is -1.02. The van der Waals surface area contributed by atoms with Crippen molar-refractivity contribution in [2.24, 2.45) is 23.7 Å². The molecule has 3 aliphatic carbocycles. The van der Waals surface area contributed by atoms with E-state index in [1.807, 2.05) is 12.1 Å². The van der Waals surface area contributed by atoms with Gasteiger partial charge in [0.2, 0.25) is 0 Å². The van der Waals surface area contributed by atoms with Crippen molar-refractivity contribution >= 4 is 0 Å². The van der Waals surface area contributed by atoms with E-state index in [0.717, 1.165) is 36.3 Å². The lowest BCUT2D eigenvalue weighted by Gasteiger charge is -2.10. The lowest BCUT2D eigenvalue weighted by atomic mass is 10.0. The van der Waals surface area contributed by atoms with Gasteiger partial charge in [0.05, 0.1) is 0 Å². The van der Waals surface area contributed by atoms with E-state index in [0.29, 0.717) is 5.75 Å². The fourth-order valence-corrected chi connectivity index (χ4v) is 4.50. The van der Waals surface area contributed by atoms with Gasteiger partial charge >= 0.3 is 0 Å². The molecule has 1 aromatic rings. The molecular formula is C15H19NO. The molecule has 90 valence electrons. The number of fused-ring (bicyclic) bond motifs is 5. The lowest BCUT2D eigenvalue weighted by molar-refractivity contribution is 0.456. The highest BCUT2D eigenvalue weighted by molar-refractivity contribution is 5.27. The van der Waals surface area contributed by atoms with Gasteiger partial charge in [0.25, 0.3) is 0 Å². The Labute approximate surface area is 102 Å². The van der Waals surface area contributed by atoms with Crippen LogP contribution in [0.15, 0.2) is 24.3 Å². The molecule has 0 aliphatic heterocycles. The predicted molar refractivity (Wildman–Crippen MR) is 66.5 cm³/mol. The molecular weight excluding hydrogens is 210 g/mol. The number of phenols is 1. The smallest absolute Gasteiger partial charge is 0.115 e. The maximum Gasteiger partial charge on any atom is 0.115 e. The van der Waals surface area contributed by atoms with Gasteiger partial charge in [-0.1, -0.05) is 12.1 Å². The van der Waals surface area contributed by atoms with Gasteiger partial charge in [-0.15, -0.1) is 0 Å². The second kappa shape index (κ2) is 3.49. The first-order valence-corrected chi connectivity index (χ1v) is 6.84. The van der Waals surface area contributed by atoms with Crippen LogP contribution >= 0.6 is 0 Å². The third-order valence-corrected chi connectivity index (χ3v) is 5.19. The van der Waals surface area contributed by atoms with Gasteiger partial charge in [0, 0.05) is 12.6 Å². The van der Waals surface area contributed by atoms with Crippen molar-refractivity contribution in [3.05, 3.63) is 29.8 Å². The van der Waals surface area contributed by atoms with Crippen LogP contribution in [0, 0.1) is 23.7 Å². The number of hydrogen-bond acceptors (Lipinski definition) is 2. The maximum absolute atomic E-state index is 9.42. The summed E-state index contributed by atoms with van der Waals surface area (Å²) < 4.78 is 0. The van der Waals surface area contributed by atoms with Crippen LogP contribution in [0.5, 0.6) is 5.75 Å². The molecule has 0 amide bonds. The van der Waals surface area contributed by atoms with Crippen molar-refractivity contribution in [1.29, 1.82) is 0 Å². The summed E-state index contributed by atoms with van der Waals surface area (Å²) in [5, 5.41) is 13.1. The average molecular weight is 229 g/mol. The molecule has 3 saturated carbocycles. The molecule has 2 bridgehead atoms. The van der Waals surface area contributed by atoms with Crippen LogP contribution in [-0.2, 0) is 6.54 Å². The molecule has 4 unspecified atom stereocenters. The van der Waals surface area contributed by atoms with Gasteiger partial charge < -0.3 is 10.4 Å². The van der Waals surface area contributed by atoms with Gasteiger partial charge in [0.1, 0.15) is 5.75 Å². The summed E-state index contributed by atoms with van der Waals surface area (Å²) in [5.74, 6) is 4.43. The van der Waals surface area contributed by atoms with Crippen molar-refractivity contribution in [3.8, 4) is 5.75 Å².